The summed E-state index contributed by atoms with van der Waals surface area (Å²) in [6, 6.07) is 0. The zero-order chi connectivity index (χ0) is 21.2. The molecule has 0 aromatic heterocycles. The Morgan fingerprint density at radius 1 is 1.14 bits per heavy atom. The zero-order valence-corrected chi connectivity index (χ0v) is 19.3. The lowest BCUT2D eigenvalue weighted by Crippen LogP contribution is -2.36. The van der Waals surface area contributed by atoms with Crippen LogP contribution < -0.4 is 0 Å². The van der Waals surface area contributed by atoms with Crippen LogP contribution in [0.2, 0.25) is 0 Å². The fourth-order valence-electron chi connectivity index (χ4n) is 6.73. The number of aliphatic hydroxyl groups is 2. The van der Waals surface area contributed by atoms with Gasteiger partial charge in [-0.3, -0.25) is 0 Å². The molecule has 3 aliphatic carbocycles. The summed E-state index contributed by atoms with van der Waals surface area (Å²) in [6.07, 6.45) is 15.2. The predicted octanol–water partition coefficient (Wildman–Crippen LogP) is 6.59. The Morgan fingerprint density at radius 2 is 1.90 bits per heavy atom. The Labute approximate surface area is 179 Å². The van der Waals surface area contributed by atoms with Crippen molar-refractivity contribution in [1.29, 1.82) is 0 Å². The molecule has 2 heteroatoms. The van der Waals surface area contributed by atoms with Crippen molar-refractivity contribution in [3.8, 4) is 0 Å². The standard InChI is InChI=1S/C27H44O2/c1-18(2)8-6-9-19(3)24-13-14-25-21(10-7-15-27(24,25)5)11-12-22-16-23(28)17-26(29)20(22)4/h11-12,18-19,23-26,28-29H,4,6-10,13-17H2,1-3,5H3/b21-11+,22-12?/t19-,23?,24-,25+,26?,27-/m1/s1. The highest BCUT2D eigenvalue weighted by atomic mass is 16.3. The fraction of sp³-hybridized carbons (Fsp3) is 0.778. The van der Waals surface area contributed by atoms with Crippen molar-refractivity contribution in [3.63, 3.8) is 0 Å². The summed E-state index contributed by atoms with van der Waals surface area (Å²) in [7, 11) is 0. The molecule has 0 aliphatic heterocycles. The maximum absolute atomic E-state index is 10.1. The van der Waals surface area contributed by atoms with E-state index in [1.807, 2.05) is 0 Å². The van der Waals surface area contributed by atoms with E-state index in [1.165, 1.54) is 51.4 Å². The number of rotatable bonds is 6. The molecule has 2 nitrogen and oxygen atoms in total. The molecule has 2 unspecified atom stereocenters. The first-order valence-corrected chi connectivity index (χ1v) is 12.2. The van der Waals surface area contributed by atoms with E-state index in [-0.39, 0.29) is 0 Å². The average molecular weight is 401 g/mol. The van der Waals surface area contributed by atoms with Gasteiger partial charge in [0.1, 0.15) is 0 Å². The predicted molar refractivity (Wildman–Crippen MR) is 123 cm³/mol. The summed E-state index contributed by atoms with van der Waals surface area (Å²) in [4.78, 5) is 0. The van der Waals surface area contributed by atoms with Crippen LogP contribution in [-0.4, -0.2) is 22.4 Å². The van der Waals surface area contributed by atoms with Crippen LogP contribution in [0.25, 0.3) is 0 Å². The first-order chi connectivity index (χ1) is 13.7. The van der Waals surface area contributed by atoms with E-state index in [4.69, 9.17) is 0 Å². The minimum atomic E-state index is -0.595. The van der Waals surface area contributed by atoms with Crippen molar-refractivity contribution < 1.29 is 10.2 Å². The van der Waals surface area contributed by atoms with Gasteiger partial charge in [0.05, 0.1) is 12.2 Å². The number of hydrogen-bond donors (Lipinski definition) is 2. The fourth-order valence-corrected chi connectivity index (χ4v) is 6.73. The highest BCUT2D eigenvalue weighted by Crippen LogP contribution is 2.59. The minimum Gasteiger partial charge on any atom is -0.393 e. The van der Waals surface area contributed by atoms with Gasteiger partial charge in [-0.05, 0) is 78.8 Å². The van der Waals surface area contributed by atoms with E-state index >= 15 is 0 Å². The van der Waals surface area contributed by atoms with Crippen LogP contribution in [0.1, 0.15) is 91.9 Å². The molecule has 3 rings (SSSR count). The lowest BCUT2D eigenvalue weighted by molar-refractivity contribution is 0.0861. The Bertz CT molecular complexity index is 643. The van der Waals surface area contributed by atoms with Gasteiger partial charge in [-0.15, -0.1) is 0 Å². The molecular formula is C27H44O2. The summed E-state index contributed by atoms with van der Waals surface area (Å²) in [5, 5.41) is 20.2. The summed E-state index contributed by atoms with van der Waals surface area (Å²) in [5.74, 6) is 3.20. The van der Waals surface area contributed by atoms with E-state index in [9.17, 15) is 10.2 Å². The SMILES string of the molecule is C=C1C(=C/C=C2\CCC[C@]3(C)[C@@H]([C@H](C)CCCC(C)C)CC[C@@H]23)CC(O)CC1O. The molecule has 6 atom stereocenters. The van der Waals surface area contributed by atoms with Gasteiger partial charge in [-0.2, -0.15) is 0 Å². The third-order valence-electron chi connectivity index (χ3n) is 8.43. The van der Waals surface area contributed by atoms with E-state index in [2.05, 4.69) is 46.4 Å². The average Bonchev–Trinajstić information content (AvgIpc) is 3.00. The topological polar surface area (TPSA) is 40.5 Å². The molecule has 0 bridgehead atoms. The molecule has 29 heavy (non-hydrogen) atoms. The van der Waals surface area contributed by atoms with E-state index in [1.54, 1.807) is 5.57 Å². The largest absolute Gasteiger partial charge is 0.393 e. The summed E-state index contributed by atoms with van der Waals surface area (Å²) < 4.78 is 0. The summed E-state index contributed by atoms with van der Waals surface area (Å²) >= 11 is 0. The first-order valence-electron chi connectivity index (χ1n) is 12.2. The van der Waals surface area contributed by atoms with Gasteiger partial charge in [0.25, 0.3) is 0 Å². The normalized spacial score (nSPS) is 39.3. The molecule has 0 radical (unpaired) electrons. The van der Waals surface area contributed by atoms with Crippen molar-refractivity contribution in [3.05, 3.63) is 35.5 Å². The number of allylic oxidation sites excluding steroid dienone is 3. The Balaban J connectivity index is 1.71. The number of fused-ring (bicyclic) bond motifs is 1. The second-order valence-corrected chi connectivity index (χ2v) is 11.0. The van der Waals surface area contributed by atoms with Gasteiger partial charge in [-0.1, -0.05) is 71.3 Å². The second-order valence-electron chi connectivity index (χ2n) is 11.0. The molecule has 0 spiro atoms. The zero-order valence-electron chi connectivity index (χ0n) is 19.3. The van der Waals surface area contributed by atoms with Gasteiger partial charge >= 0.3 is 0 Å². The van der Waals surface area contributed by atoms with Gasteiger partial charge in [0.2, 0.25) is 0 Å². The first kappa shape index (κ1) is 22.8. The van der Waals surface area contributed by atoms with Crippen molar-refractivity contribution in [2.24, 2.45) is 29.1 Å². The Hall–Kier alpha value is -0.860. The second kappa shape index (κ2) is 9.52. The van der Waals surface area contributed by atoms with Gasteiger partial charge < -0.3 is 10.2 Å². The minimum absolute atomic E-state index is 0.420. The lowest BCUT2D eigenvalue weighted by atomic mass is 9.60. The van der Waals surface area contributed by atoms with Crippen molar-refractivity contribution in [2.75, 3.05) is 0 Å². The van der Waals surface area contributed by atoms with Crippen LogP contribution in [0.15, 0.2) is 35.5 Å². The van der Waals surface area contributed by atoms with E-state index in [0.29, 0.717) is 24.2 Å². The molecule has 3 saturated carbocycles. The molecule has 0 aromatic rings. The summed E-state index contributed by atoms with van der Waals surface area (Å²) in [5.41, 5.74) is 3.88. The van der Waals surface area contributed by atoms with Crippen molar-refractivity contribution >= 4 is 0 Å². The van der Waals surface area contributed by atoms with Crippen LogP contribution in [0.3, 0.4) is 0 Å². The third kappa shape index (κ3) is 5.07. The molecule has 2 N–H and O–H groups in total. The van der Waals surface area contributed by atoms with Gasteiger partial charge in [0, 0.05) is 6.42 Å². The van der Waals surface area contributed by atoms with Crippen LogP contribution in [0.4, 0.5) is 0 Å². The molecule has 0 heterocycles. The Morgan fingerprint density at radius 3 is 2.62 bits per heavy atom. The van der Waals surface area contributed by atoms with Crippen molar-refractivity contribution in [2.45, 2.75) is 104 Å². The molecule has 3 fully saturated rings. The van der Waals surface area contributed by atoms with Gasteiger partial charge in [-0.25, -0.2) is 0 Å². The molecule has 0 amide bonds. The highest BCUT2D eigenvalue weighted by molar-refractivity contribution is 5.38. The van der Waals surface area contributed by atoms with Crippen LogP contribution in [0, 0.1) is 29.1 Å². The molecule has 0 saturated heterocycles. The smallest absolute Gasteiger partial charge is 0.0811 e. The summed E-state index contributed by atoms with van der Waals surface area (Å²) in [6.45, 7) is 13.8. The Kier molecular flexibility index (Phi) is 7.49. The van der Waals surface area contributed by atoms with E-state index in [0.717, 1.165) is 28.9 Å². The van der Waals surface area contributed by atoms with Crippen molar-refractivity contribution in [1.82, 2.24) is 0 Å². The highest BCUT2D eigenvalue weighted by Gasteiger charge is 2.50. The maximum Gasteiger partial charge on any atom is 0.0811 e. The maximum atomic E-state index is 10.1. The molecular weight excluding hydrogens is 356 g/mol. The van der Waals surface area contributed by atoms with Gasteiger partial charge in [0.15, 0.2) is 0 Å². The quantitative estimate of drug-likeness (QED) is 0.528. The van der Waals surface area contributed by atoms with Crippen LogP contribution in [0.5, 0.6) is 0 Å². The molecule has 3 aliphatic rings. The third-order valence-corrected chi connectivity index (χ3v) is 8.43. The monoisotopic (exact) mass is 400 g/mol. The molecule has 0 aromatic carbocycles. The molecule has 164 valence electrons. The number of aliphatic hydroxyl groups excluding tert-OH is 2. The number of hydrogen-bond acceptors (Lipinski definition) is 2. The van der Waals surface area contributed by atoms with Crippen LogP contribution >= 0.6 is 0 Å². The van der Waals surface area contributed by atoms with E-state index < -0.39 is 12.2 Å². The lowest BCUT2D eigenvalue weighted by Gasteiger charge is -2.44. The van der Waals surface area contributed by atoms with Crippen LogP contribution in [-0.2, 0) is 0 Å².